The lowest BCUT2D eigenvalue weighted by atomic mass is 9.92. The lowest BCUT2D eigenvalue weighted by molar-refractivity contribution is 0.324. The van der Waals surface area contributed by atoms with Gasteiger partial charge in [0.05, 0.1) is 28.2 Å². The number of nitrogens with one attached hydrogen (secondary N) is 1. The van der Waals surface area contributed by atoms with E-state index in [0.29, 0.717) is 35.0 Å². The molecule has 1 aliphatic carbocycles. The highest BCUT2D eigenvalue weighted by Gasteiger charge is 2.28. The normalized spacial score (nSPS) is 13.8. The number of benzene rings is 2. The fourth-order valence-corrected chi connectivity index (χ4v) is 5.71. The van der Waals surface area contributed by atoms with Crippen LogP contribution in [0.1, 0.15) is 49.9 Å². The summed E-state index contributed by atoms with van der Waals surface area (Å²) in [7, 11) is -3.38. The third-order valence-corrected chi connectivity index (χ3v) is 7.98. The Balaban J connectivity index is 1.59. The lowest BCUT2D eigenvalue weighted by Gasteiger charge is -2.30. The summed E-state index contributed by atoms with van der Waals surface area (Å²) >= 11 is 0. The molecule has 0 spiro atoms. The molecule has 0 radical (unpaired) electrons. The van der Waals surface area contributed by atoms with Crippen molar-refractivity contribution < 1.29 is 13.2 Å². The van der Waals surface area contributed by atoms with Crippen LogP contribution < -0.4 is 9.46 Å². The molecule has 184 valence electrons. The monoisotopic (exact) mass is 501 g/mol. The topological polar surface area (TPSA) is 110 Å². The largest absolute Gasteiger partial charge is 0.437 e. The first-order chi connectivity index (χ1) is 17.4. The zero-order chi connectivity index (χ0) is 25.3. The predicted octanol–water partition coefficient (Wildman–Crippen LogP) is 5.95. The van der Waals surface area contributed by atoms with Crippen LogP contribution in [0.25, 0.3) is 22.2 Å². The number of nitriles is 1. The van der Waals surface area contributed by atoms with Gasteiger partial charge in [-0.25, -0.2) is 13.4 Å². The maximum Gasteiger partial charge on any atom is 0.240 e. The summed E-state index contributed by atoms with van der Waals surface area (Å²) in [4.78, 5) is 8.52. The number of aryl methyl sites for hydroxylation is 1. The molecule has 2 heterocycles. The molecule has 8 nitrogen and oxygen atoms in total. The molecule has 0 bridgehead atoms. The van der Waals surface area contributed by atoms with Crippen LogP contribution in [0.2, 0.25) is 0 Å². The number of anilines is 1. The number of fused-ring (bicyclic) bond motifs is 1. The standard InChI is InChI=1S/C27H27N5O3S/c1-3-15-36(33,34)31-20-9-7-19(8-10-20)26-24(17-28)23-12-11-22(35-27-18(2)29-13-14-30-27)16-25(23)32(26)21-5-4-6-21/h7-14,16,21,31H,3-6,15H2,1-2H3. The van der Waals surface area contributed by atoms with Crippen molar-refractivity contribution in [2.24, 2.45) is 0 Å². The molecule has 1 fully saturated rings. The Bertz CT molecular complexity index is 1570. The van der Waals surface area contributed by atoms with Gasteiger partial charge in [-0.3, -0.25) is 9.71 Å². The van der Waals surface area contributed by atoms with Crippen molar-refractivity contribution in [2.45, 2.75) is 45.6 Å². The molecule has 2 aromatic carbocycles. The van der Waals surface area contributed by atoms with Crippen LogP contribution in [0.3, 0.4) is 0 Å². The first kappa shape index (κ1) is 23.8. The molecule has 36 heavy (non-hydrogen) atoms. The Morgan fingerprint density at radius 3 is 2.53 bits per heavy atom. The molecule has 1 aliphatic rings. The Labute approximate surface area is 210 Å². The van der Waals surface area contributed by atoms with Crippen molar-refractivity contribution in [3.8, 4) is 29.0 Å². The van der Waals surface area contributed by atoms with Crippen LogP contribution in [0.15, 0.2) is 54.9 Å². The molecule has 1 N–H and O–H groups in total. The van der Waals surface area contributed by atoms with Crippen LogP contribution in [0.5, 0.6) is 11.6 Å². The van der Waals surface area contributed by atoms with Gasteiger partial charge in [0.25, 0.3) is 0 Å². The van der Waals surface area contributed by atoms with Gasteiger partial charge in [-0.2, -0.15) is 5.26 Å². The molecule has 2 aromatic heterocycles. The third kappa shape index (κ3) is 4.52. The van der Waals surface area contributed by atoms with Crippen LogP contribution in [-0.2, 0) is 10.0 Å². The highest BCUT2D eigenvalue weighted by Crippen LogP contribution is 2.43. The van der Waals surface area contributed by atoms with Gasteiger partial charge in [0.1, 0.15) is 11.8 Å². The summed E-state index contributed by atoms with van der Waals surface area (Å²) in [6.07, 6.45) is 6.96. The Kier molecular flexibility index (Phi) is 6.37. The van der Waals surface area contributed by atoms with Gasteiger partial charge >= 0.3 is 0 Å². The first-order valence-corrected chi connectivity index (χ1v) is 13.7. The maximum atomic E-state index is 12.2. The average Bonchev–Trinajstić information content (AvgIpc) is 3.13. The van der Waals surface area contributed by atoms with E-state index in [1.54, 1.807) is 24.5 Å². The van der Waals surface area contributed by atoms with Crippen LogP contribution in [0, 0.1) is 18.3 Å². The minimum Gasteiger partial charge on any atom is -0.437 e. The van der Waals surface area contributed by atoms with Crippen LogP contribution in [-0.4, -0.2) is 28.7 Å². The Morgan fingerprint density at radius 2 is 1.89 bits per heavy atom. The Hall–Kier alpha value is -3.90. The fraction of sp³-hybridized carbons (Fsp3) is 0.296. The molecular formula is C27H27N5O3S. The summed E-state index contributed by atoms with van der Waals surface area (Å²) in [6.45, 7) is 3.67. The summed E-state index contributed by atoms with van der Waals surface area (Å²) in [6, 6.07) is 15.6. The van der Waals surface area contributed by atoms with Crippen molar-refractivity contribution in [1.29, 1.82) is 5.26 Å². The summed E-state index contributed by atoms with van der Waals surface area (Å²) in [5, 5.41) is 11.0. The van der Waals surface area contributed by atoms with Gasteiger partial charge in [-0.1, -0.05) is 19.1 Å². The number of aromatic nitrogens is 3. The van der Waals surface area contributed by atoms with Gasteiger partial charge in [0.15, 0.2) is 0 Å². The molecular weight excluding hydrogens is 474 g/mol. The van der Waals surface area contributed by atoms with Crippen LogP contribution in [0.4, 0.5) is 5.69 Å². The lowest BCUT2D eigenvalue weighted by Crippen LogP contribution is -2.18. The maximum absolute atomic E-state index is 12.2. The molecule has 0 saturated heterocycles. The van der Waals surface area contributed by atoms with Crippen molar-refractivity contribution >= 4 is 26.6 Å². The first-order valence-electron chi connectivity index (χ1n) is 12.0. The van der Waals surface area contributed by atoms with E-state index >= 15 is 0 Å². The molecule has 5 rings (SSSR count). The van der Waals surface area contributed by atoms with E-state index in [9.17, 15) is 13.7 Å². The van der Waals surface area contributed by atoms with Crippen molar-refractivity contribution in [3.63, 3.8) is 0 Å². The van der Waals surface area contributed by atoms with Gasteiger partial charge < -0.3 is 9.30 Å². The van der Waals surface area contributed by atoms with Crippen molar-refractivity contribution in [2.75, 3.05) is 10.5 Å². The van der Waals surface area contributed by atoms with E-state index in [4.69, 9.17) is 4.74 Å². The molecule has 0 atom stereocenters. The number of hydrogen-bond acceptors (Lipinski definition) is 6. The third-order valence-electron chi connectivity index (χ3n) is 6.48. The number of nitrogens with zero attached hydrogens (tertiary/aromatic N) is 4. The van der Waals surface area contributed by atoms with E-state index in [1.165, 1.54) is 0 Å². The summed E-state index contributed by atoms with van der Waals surface area (Å²) in [5.41, 5.74) is 4.43. The quantitative estimate of drug-likeness (QED) is 0.320. The second kappa shape index (κ2) is 9.63. The van der Waals surface area contributed by atoms with Gasteiger partial charge in [0, 0.05) is 35.6 Å². The van der Waals surface area contributed by atoms with E-state index in [-0.39, 0.29) is 11.8 Å². The van der Waals surface area contributed by atoms with Crippen molar-refractivity contribution in [1.82, 2.24) is 14.5 Å². The molecule has 1 saturated carbocycles. The zero-order valence-corrected chi connectivity index (χ0v) is 21.0. The minimum absolute atomic E-state index is 0.0712. The SMILES string of the molecule is CCCS(=O)(=O)Nc1ccc(-c2c(C#N)c3ccc(Oc4nccnc4C)cc3n2C2CCC2)cc1. The molecule has 0 amide bonds. The molecule has 0 aliphatic heterocycles. The summed E-state index contributed by atoms with van der Waals surface area (Å²) < 4.78 is 35.2. The average molecular weight is 502 g/mol. The number of hydrogen-bond donors (Lipinski definition) is 1. The molecule has 4 aromatic rings. The fourth-order valence-electron chi connectivity index (χ4n) is 4.58. The summed E-state index contributed by atoms with van der Waals surface area (Å²) in [5.74, 6) is 1.14. The van der Waals surface area contributed by atoms with E-state index in [2.05, 4.69) is 25.3 Å². The Morgan fingerprint density at radius 1 is 1.14 bits per heavy atom. The highest BCUT2D eigenvalue weighted by molar-refractivity contribution is 7.92. The predicted molar refractivity (Wildman–Crippen MR) is 140 cm³/mol. The molecule has 0 unspecified atom stereocenters. The minimum atomic E-state index is -3.38. The molecule has 9 heteroatoms. The second-order valence-corrected chi connectivity index (χ2v) is 10.9. The zero-order valence-electron chi connectivity index (χ0n) is 20.2. The van der Waals surface area contributed by atoms with E-state index in [1.807, 2.05) is 44.2 Å². The van der Waals surface area contributed by atoms with E-state index < -0.39 is 10.0 Å². The van der Waals surface area contributed by atoms with Crippen molar-refractivity contribution in [3.05, 3.63) is 66.1 Å². The highest BCUT2D eigenvalue weighted by atomic mass is 32.2. The van der Waals surface area contributed by atoms with E-state index in [0.717, 1.165) is 41.4 Å². The van der Waals surface area contributed by atoms with Gasteiger partial charge in [-0.05, 0) is 62.4 Å². The smallest absolute Gasteiger partial charge is 0.240 e. The van der Waals surface area contributed by atoms with Crippen LogP contribution >= 0.6 is 0 Å². The van der Waals surface area contributed by atoms with Gasteiger partial charge in [0.2, 0.25) is 15.9 Å². The number of ether oxygens (including phenoxy) is 1. The second-order valence-electron chi connectivity index (χ2n) is 9.02. The number of rotatable bonds is 8. The number of sulfonamides is 1. The van der Waals surface area contributed by atoms with Gasteiger partial charge in [-0.15, -0.1) is 0 Å².